The molecular formula is C16H24O2. The Morgan fingerprint density at radius 3 is 2.11 bits per heavy atom. The minimum Gasteiger partial charge on any atom is -0.465 e. The lowest BCUT2D eigenvalue weighted by Gasteiger charge is -2.22. The van der Waals surface area contributed by atoms with Crippen LogP contribution in [0.15, 0.2) is 30.3 Å². The molecule has 0 saturated carbocycles. The van der Waals surface area contributed by atoms with Gasteiger partial charge in [-0.15, -0.1) is 0 Å². The summed E-state index contributed by atoms with van der Waals surface area (Å²) < 4.78 is 5.39. The Bertz CT molecular complexity index is 347. The van der Waals surface area contributed by atoms with Crippen molar-refractivity contribution < 1.29 is 9.53 Å². The maximum absolute atomic E-state index is 12.0. The number of benzene rings is 1. The highest BCUT2D eigenvalue weighted by Gasteiger charge is 2.26. The van der Waals surface area contributed by atoms with Crippen LogP contribution in [0.2, 0.25) is 0 Å². The van der Waals surface area contributed by atoms with Crippen molar-refractivity contribution in [2.45, 2.75) is 34.1 Å². The quantitative estimate of drug-likeness (QED) is 0.717. The van der Waals surface area contributed by atoms with Crippen molar-refractivity contribution >= 4 is 5.97 Å². The van der Waals surface area contributed by atoms with Crippen LogP contribution in [-0.2, 0) is 16.0 Å². The zero-order valence-electron chi connectivity index (χ0n) is 11.8. The average molecular weight is 248 g/mol. The molecule has 0 aliphatic carbocycles. The smallest absolute Gasteiger partial charge is 0.309 e. The van der Waals surface area contributed by atoms with E-state index in [1.54, 1.807) is 0 Å². The molecule has 0 radical (unpaired) electrons. The molecule has 0 unspecified atom stereocenters. The first-order valence-electron chi connectivity index (χ1n) is 6.73. The SMILES string of the molecule is CC(C)C(C(=O)OCCc1ccccc1)C(C)C. The standard InChI is InChI=1S/C16H24O2/c1-12(2)15(13(3)4)16(17)18-11-10-14-8-6-5-7-9-14/h5-9,12-13,15H,10-11H2,1-4H3. The molecule has 0 spiro atoms. The van der Waals surface area contributed by atoms with Crippen molar-refractivity contribution in [2.24, 2.45) is 17.8 Å². The third-order valence-corrected chi connectivity index (χ3v) is 3.19. The Kier molecular flexibility index (Phi) is 5.90. The Morgan fingerprint density at radius 1 is 1.06 bits per heavy atom. The van der Waals surface area contributed by atoms with Gasteiger partial charge in [-0.1, -0.05) is 58.0 Å². The van der Waals surface area contributed by atoms with Crippen molar-refractivity contribution in [1.29, 1.82) is 0 Å². The number of hydrogen-bond acceptors (Lipinski definition) is 2. The van der Waals surface area contributed by atoms with E-state index in [1.807, 2.05) is 18.2 Å². The summed E-state index contributed by atoms with van der Waals surface area (Å²) in [4.78, 5) is 12.0. The molecule has 0 atom stereocenters. The summed E-state index contributed by atoms with van der Waals surface area (Å²) in [5.41, 5.74) is 1.20. The summed E-state index contributed by atoms with van der Waals surface area (Å²) in [7, 11) is 0. The second-order valence-electron chi connectivity index (χ2n) is 5.42. The van der Waals surface area contributed by atoms with Crippen molar-refractivity contribution in [1.82, 2.24) is 0 Å². The summed E-state index contributed by atoms with van der Waals surface area (Å²) in [6.45, 7) is 8.76. The lowest BCUT2D eigenvalue weighted by atomic mass is 9.86. The number of carbonyl (C=O) groups is 1. The number of hydrogen-bond donors (Lipinski definition) is 0. The van der Waals surface area contributed by atoms with Crippen molar-refractivity contribution in [2.75, 3.05) is 6.61 Å². The second kappa shape index (κ2) is 7.20. The molecule has 0 aliphatic rings. The summed E-state index contributed by atoms with van der Waals surface area (Å²) in [5, 5.41) is 0. The molecule has 1 aromatic rings. The van der Waals surface area contributed by atoms with Crippen LogP contribution in [0.4, 0.5) is 0 Å². The van der Waals surface area contributed by atoms with E-state index in [9.17, 15) is 4.79 Å². The minimum atomic E-state index is -0.0593. The minimum absolute atomic E-state index is 0.000716. The molecule has 1 rings (SSSR count). The molecule has 0 aromatic heterocycles. The van der Waals surface area contributed by atoms with Crippen LogP contribution in [0.25, 0.3) is 0 Å². The van der Waals surface area contributed by atoms with E-state index < -0.39 is 0 Å². The summed E-state index contributed by atoms with van der Waals surface area (Å²) in [6, 6.07) is 10.1. The Balaban J connectivity index is 2.41. The zero-order chi connectivity index (χ0) is 13.5. The van der Waals surface area contributed by atoms with E-state index in [0.29, 0.717) is 18.4 Å². The Morgan fingerprint density at radius 2 is 1.61 bits per heavy atom. The fourth-order valence-electron chi connectivity index (χ4n) is 2.32. The molecule has 0 aliphatic heterocycles. The molecule has 0 N–H and O–H groups in total. The third-order valence-electron chi connectivity index (χ3n) is 3.19. The monoisotopic (exact) mass is 248 g/mol. The van der Waals surface area contributed by atoms with Gasteiger partial charge in [-0.2, -0.15) is 0 Å². The summed E-state index contributed by atoms with van der Waals surface area (Å²) in [5.74, 6) is 0.597. The molecule has 0 fully saturated rings. The van der Waals surface area contributed by atoms with Crippen LogP contribution in [0.3, 0.4) is 0 Å². The molecule has 100 valence electrons. The average Bonchev–Trinajstić information content (AvgIpc) is 2.29. The second-order valence-corrected chi connectivity index (χ2v) is 5.42. The molecule has 18 heavy (non-hydrogen) atoms. The van der Waals surface area contributed by atoms with Gasteiger partial charge in [0, 0.05) is 6.42 Å². The maximum atomic E-state index is 12.0. The molecule has 0 bridgehead atoms. The van der Waals surface area contributed by atoms with E-state index in [2.05, 4.69) is 39.8 Å². The highest BCUT2D eigenvalue weighted by atomic mass is 16.5. The van der Waals surface area contributed by atoms with Gasteiger partial charge >= 0.3 is 5.97 Å². The summed E-state index contributed by atoms with van der Waals surface area (Å²) >= 11 is 0. The van der Waals surface area contributed by atoms with Crippen molar-refractivity contribution in [3.63, 3.8) is 0 Å². The van der Waals surface area contributed by atoms with Gasteiger partial charge in [0.05, 0.1) is 12.5 Å². The highest BCUT2D eigenvalue weighted by molar-refractivity contribution is 5.73. The van der Waals surface area contributed by atoms with Gasteiger partial charge in [0.15, 0.2) is 0 Å². The molecule has 0 heterocycles. The van der Waals surface area contributed by atoms with E-state index in [0.717, 1.165) is 6.42 Å². The molecule has 2 heteroatoms. The molecule has 0 amide bonds. The first-order chi connectivity index (χ1) is 8.52. The number of ether oxygens (including phenoxy) is 1. The molecular weight excluding hydrogens is 224 g/mol. The first kappa shape index (κ1) is 14.7. The van der Waals surface area contributed by atoms with Crippen LogP contribution in [0, 0.1) is 17.8 Å². The van der Waals surface area contributed by atoms with Gasteiger partial charge in [-0.3, -0.25) is 4.79 Å². The normalized spacial score (nSPS) is 11.3. The predicted molar refractivity (Wildman–Crippen MR) is 74.3 cm³/mol. The number of esters is 1. The molecule has 0 saturated heterocycles. The van der Waals surface area contributed by atoms with Crippen LogP contribution in [0.5, 0.6) is 0 Å². The van der Waals surface area contributed by atoms with Gasteiger partial charge < -0.3 is 4.74 Å². The van der Waals surface area contributed by atoms with Gasteiger partial charge in [-0.05, 0) is 17.4 Å². The van der Waals surface area contributed by atoms with Crippen LogP contribution in [-0.4, -0.2) is 12.6 Å². The summed E-state index contributed by atoms with van der Waals surface area (Å²) in [6.07, 6.45) is 0.787. The van der Waals surface area contributed by atoms with E-state index >= 15 is 0 Å². The predicted octanol–water partition coefficient (Wildman–Crippen LogP) is 3.70. The van der Waals surface area contributed by atoms with Crippen LogP contribution < -0.4 is 0 Å². The van der Waals surface area contributed by atoms with Crippen LogP contribution in [0.1, 0.15) is 33.3 Å². The maximum Gasteiger partial charge on any atom is 0.309 e. The number of carbonyl (C=O) groups excluding carboxylic acids is 1. The van der Waals surface area contributed by atoms with E-state index in [1.165, 1.54) is 5.56 Å². The molecule has 1 aromatic carbocycles. The first-order valence-corrected chi connectivity index (χ1v) is 6.73. The Labute approximate surface area is 110 Å². The lowest BCUT2D eigenvalue weighted by Crippen LogP contribution is -2.28. The van der Waals surface area contributed by atoms with Gasteiger partial charge in [0.2, 0.25) is 0 Å². The third kappa shape index (κ3) is 4.52. The Hall–Kier alpha value is -1.31. The highest BCUT2D eigenvalue weighted by Crippen LogP contribution is 2.22. The largest absolute Gasteiger partial charge is 0.465 e. The van der Waals surface area contributed by atoms with Crippen molar-refractivity contribution in [3.8, 4) is 0 Å². The van der Waals surface area contributed by atoms with Gasteiger partial charge in [-0.25, -0.2) is 0 Å². The lowest BCUT2D eigenvalue weighted by molar-refractivity contribution is -0.151. The van der Waals surface area contributed by atoms with Crippen molar-refractivity contribution in [3.05, 3.63) is 35.9 Å². The van der Waals surface area contributed by atoms with Crippen LogP contribution >= 0.6 is 0 Å². The molecule has 2 nitrogen and oxygen atoms in total. The van der Waals surface area contributed by atoms with E-state index in [-0.39, 0.29) is 11.9 Å². The topological polar surface area (TPSA) is 26.3 Å². The zero-order valence-corrected chi connectivity index (χ0v) is 11.8. The van der Waals surface area contributed by atoms with E-state index in [4.69, 9.17) is 4.74 Å². The fourth-order valence-corrected chi connectivity index (χ4v) is 2.32. The fraction of sp³-hybridized carbons (Fsp3) is 0.562. The number of rotatable bonds is 6. The van der Waals surface area contributed by atoms with Gasteiger partial charge in [0.1, 0.15) is 0 Å². The van der Waals surface area contributed by atoms with Gasteiger partial charge in [0.25, 0.3) is 0 Å².